The van der Waals surface area contributed by atoms with Crippen molar-refractivity contribution >= 4 is 40.6 Å². The van der Waals surface area contributed by atoms with E-state index < -0.39 is 0 Å². The van der Waals surface area contributed by atoms with E-state index in [1.165, 1.54) is 0 Å². The van der Waals surface area contributed by atoms with Gasteiger partial charge in [0.25, 0.3) is 17.7 Å². The van der Waals surface area contributed by atoms with Crippen molar-refractivity contribution in [1.82, 2.24) is 24.6 Å². The predicted molar refractivity (Wildman–Crippen MR) is 300 cm³/mol. The van der Waals surface area contributed by atoms with Crippen LogP contribution in [0.5, 0.6) is 0 Å². The van der Waals surface area contributed by atoms with Crippen LogP contribution in [0.4, 0.5) is 22.9 Å². The van der Waals surface area contributed by atoms with Crippen molar-refractivity contribution in [1.29, 1.82) is 15.8 Å². The van der Waals surface area contributed by atoms with Gasteiger partial charge >= 0.3 is 0 Å². The number of nitriles is 3. The molecule has 0 unspecified atom stereocenters. The minimum absolute atomic E-state index is 0.0601. The maximum absolute atomic E-state index is 14.2. The van der Waals surface area contributed by atoms with E-state index in [0.29, 0.717) is 99.8 Å². The molecule has 0 atom stereocenters. The molecule has 3 amide bonds. The topological polar surface area (TPSA) is 161 Å². The number of anilines is 4. The largest absolute Gasteiger partial charge is 0.368 e. The first kappa shape index (κ1) is 51.8. The van der Waals surface area contributed by atoms with Gasteiger partial charge in [0, 0.05) is 139 Å². The highest BCUT2D eigenvalue weighted by molar-refractivity contribution is 6.01. The number of nitrogens with zero attached hydrogens (tertiary/aromatic N) is 12. The molecule has 77 heavy (non-hydrogen) atoms. The molecule has 0 N–H and O–H groups in total. The normalized spacial score (nSPS) is 16.3. The van der Waals surface area contributed by atoms with E-state index >= 15 is 0 Å². The van der Waals surface area contributed by atoms with Crippen molar-refractivity contribution in [3.63, 3.8) is 0 Å². The summed E-state index contributed by atoms with van der Waals surface area (Å²) in [7, 11) is 0. The van der Waals surface area contributed by atoms with Gasteiger partial charge in [-0.25, -0.2) is 4.98 Å². The van der Waals surface area contributed by atoms with Crippen LogP contribution < -0.4 is 19.6 Å². The van der Waals surface area contributed by atoms with Crippen molar-refractivity contribution in [3.8, 4) is 29.3 Å². The van der Waals surface area contributed by atoms with Crippen LogP contribution in [-0.4, -0.2) is 147 Å². The zero-order valence-corrected chi connectivity index (χ0v) is 44.3. The lowest BCUT2D eigenvalue weighted by Crippen LogP contribution is -2.49. The highest BCUT2D eigenvalue weighted by atomic mass is 16.2. The molecule has 4 aliphatic rings. The lowest BCUT2D eigenvalue weighted by molar-refractivity contribution is 0.0740. The number of carbonyl (C=O) groups is 3. The lowest BCUT2D eigenvalue weighted by atomic mass is 10.00. The average Bonchev–Trinajstić information content (AvgIpc) is 3.75. The fourth-order valence-corrected chi connectivity index (χ4v) is 11.3. The van der Waals surface area contributed by atoms with Crippen LogP contribution in [0.3, 0.4) is 0 Å². The standard InChI is InChI=1S/C62H64N12O3/c1-44-13-15-47(43-67-23-25-68(26-24-67)56-11-6-4-9-50(56)40-63)37-54(44)61(76)72-22-8-21-71(31-36-72)59-20-19-53(46(3)66-59)48-17-18-52(42-65)58(39-48)70-29-32-73(33-30-70)60(75)49-16-14-45(2)55(38-49)62(77)74-34-27-69(28-35-74)57-12-7-5-10-51(57)41-64/h4-7,9-20,37-39H,8,21-36,43H2,1-3H3. The molecule has 0 saturated carbocycles. The van der Waals surface area contributed by atoms with Crippen molar-refractivity contribution in [3.05, 3.63) is 171 Å². The second kappa shape index (κ2) is 23.0. The first-order chi connectivity index (χ1) is 37.5. The summed E-state index contributed by atoms with van der Waals surface area (Å²) in [6.07, 6.45) is 0.816. The molecule has 10 rings (SSSR count). The predicted octanol–water partition coefficient (Wildman–Crippen LogP) is 7.89. The quantitative estimate of drug-likeness (QED) is 0.131. The van der Waals surface area contributed by atoms with E-state index in [9.17, 15) is 30.2 Å². The van der Waals surface area contributed by atoms with Gasteiger partial charge in [0.1, 0.15) is 24.0 Å². The van der Waals surface area contributed by atoms with Gasteiger partial charge in [0.05, 0.1) is 33.8 Å². The van der Waals surface area contributed by atoms with Crippen molar-refractivity contribution in [2.45, 2.75) is 33.7 Å². The summed E-state index contributed by atoms with van der Waals surface area (Å²) in [4.78, 5) is 64.1. The third-order valence-corrected chi connectivity index (χ3v) is 15.8. The summed E-state index contributed by atoms with van der Waals surface area (Å²) in [5.74, 6) is 0.696. The Bertz CT molecular complexity index is 3330. The average molecular weight is 1030 g/mol. The van der Waals surface area contributed by atoms with E-state index in [0.717, 1.165) is 108 Å². The Morgan fingerprint density at radius 1 is 0.468 bits per heavy atom. The first-order valence-electron chi connectivity index (χ1n) is 26.8. The molecular weight excluding hydrogens is 961 g/mol. The van der Waals surface area contributed by atoms with E-state index in [1.54, 1.807) is 12.1 Å². The maximum Gasteiger partial charge on any atom is 0.254 e. The molecule has 0 bridgehead atoms. The van der Waals surface area contributed by atoms with Crippen molar-refractivity contribution < 1.29 is 14.4 Å². The zero-order chi connectivity index (χ0) is 53.6. The third-order valence-electron chi connectivity index (χ3n) is 15.8. The number of piperazine rings is 3. The number of rotatable bonds is 10. The number of aromatic nitrogens is 1. The summed E-state index contributed by atoms with van der Waals surface area (Å²) in [5, 5.41) is 29.5. The number of hydrogen-bond acceptors (Lipinski definition) is 12. The second-order valence-electron chi connectivity index (χ2n) is 20.5. The van der Waals surface area contributed by atoms with Gasteiger partial charge in [-0.15, -0.1) is 0 Å². The number of para-hydroxylation sites is 2. The lowest BCUT2D eigenvalue weighted by Gasteiger charge is -2.37. The van der Waals surface area contributed by atoms with Crippen molar-refractivity contribution in [2.75, 3.05) is 124 Å². The molecule has 0 aliphatic carbocycles. The Morgan fingerprint density at radius 3 is 1.57 bits per heavy atom. The summed E-state index contributed by atoms with van der Waals surface area (Å²) in [6.45, 7) is 17.0. The molecule has 0 radical (unpaired) electrons. The fourth-order valence-electron chi connectivity index (χ4n) is 11.3. The van der Waals surface area contributed by atoms with Crippen LogP contribution in [0.1, 0.15) is 76.6 Å². The molecule has 4 aliphatic heterocycles. The number of carbonyl (C=O) groups excluding carboxylic acids is 3. The Kier molecular flexibility index (Phi) is 15.5. The summed E-state index contributed by atoms with van der Waals surface area (Å²) >= 11 is 0. The van der Waals surface area contributed by atoms with Gasteiger partial charge in [-0.1, -0.05) is 48.5 Å². The smallest absolute Gasteiger partial charge is 0.254 e. The molecule has 5 aromatic carbocycles. The third kappa shape index (κ3) is 11.2. The van der Waals surface area contributed by atoms with Crippen LogP contribution in [-0.2, 0) is 6.54 Å². The van der Waals surface area contributed by atoms with Crippen LogP contribution in [0.2, 0.25) is 0 Å². The van der Waals surface area contributed by atoms with Gasteiger partial charge in [-0.2, -0.15) is 15.8 Å². The van der Waals surface area contributed by atoms with Gasteiger partial charge < -0.3 is 34.3 Å². The Balaban J connectivity index is 0.736. The molecule has 15 heteroatoms. The highest BCUT2D eigenvalue weighted by Crippen LogP contribution is 2.33. The molecule has 0 spiro atoms. The van der Waals surface area contributed by atoms with E-state index in [-0.39, 0.29) is 17.7 Å². The Hall–Kier alpha value is -8.71. The molecular formula is C62H64N12O3. The molecule has 5 heterocycles. The Morgan fingerprint density at radius 2 is 0.974 bits per heavy atom. The number of benzene rings is 5. The Labute approximate surface area is 452 Å². The summed E-state index contributed by atoms with van der Waals surface area (Å²) < 4.78 is 0. The van der Waals surface area contributed by atoms with E-state index in [1.807, 2.05) is 102 Å². The fraction of sp³-hybridized carbons (Fsp3) is 0.339. The number of aryl methyl sites for hydroxylation is 3. The number of pyridine rings is 1. The van der Waals surface area contributed by atoms with E-state index in [2.05, 4.69) is 79.1 Å². The van der Waals surface area contributed by atoms with Gasteiger partial charge in [0.2, 0.25) is 0 Å². The van der Waals surface area contributed by atoms with Gasteiger partial charge in [0.15, 0.2) is 0 Å². The summed E-state index contributed by atoms with van der Waals surface area (Å²) in [6, 6.07) is 44.0. The van der Waals surface area contributed by atoms with Crippen LogP contribution >= 0.6 is 0 Å². The van der Waals surface area contributed by atoms with Crippen LogP contribution in [0, 0.1) is 54.8 Å². The molecule has 390 valence electrons. The molecule has 4 fully saturated rings. The van der Waals surface area contributed by atoms with Gasteiger partial charge in [-0.3, -0.25) is 19.3 Å². The molecule has 1 aromatic heterocycles. The van der Waals surface area contributed by atoms with Crippen LogP contribution in [0.15, 0.2) is 115 Å². The molecule has 4 saturated heterocycles. The van der Waals surface area contributed by atoms with Gasteiger partial charge in [-0.05, 0) is 116 Å². The van der Waals surface area contributed by atoms with Crippen molar-refractivity contribution in [2.24, 2.45) is 0 Å². The summed E-state index contributed by atoms with van der Waals surface area (Å²) in [5.41, 5.74) is 12.0. The molecule has 6 aromatic rings. The maximum atomic E-state index is 14.2. The van der Waals surface area contributed by atoms with Crippen LogP contribution in [0.25, 0.3) is 11.1 Å². The minimum Gasteiger partial charge on any atom is -0.368 e. The SMILES string of the molecule is Cc1ccc(CN2CCN(c3ccccc3C#N)CC2)cc1C(=O)N1CCCN(c2ccc(-c3ccc(C#N)c(N4CCN(C(=O)c5ccc(C)c(C(=O)N6CCN(c7ccccc7C#N)CC6)c5)CC4)c3)c(C)n2)CC1. The minimum atomic E-state index is -0.129. The second-order valence-corrected chi connectivity index (χ2v) is 20.5. The monoisotopic (exact) mass is 1020 g/mol. The first-order valence-corrected chi connectivity index (χ1v) is 26.8. The highest BCUT2D eigenvalue weighted by Gasteiger charge is 2.29. The number of hydrogen-bond donors (Lipinski definition) is 0. The molecule has 15 nitrogen and oxygen atoms in total. The zero-order valence-electron chi connectivity index (χ0n) is 44.3. The number of amides is 3. The van der Waals surface area contributed by atoms with E-state index in [4.69, 9.17) is 4.98 Å².